The lowest BCUT2D eigenvalue weighted by molar-refractivity contribution is -0.136. The van der Waals surface area contributed by atoms with E-state index in [0.717, 1.165) is 0 Å². The van der Waals surface area contributed by atoms with Gasteiger partial charge < -0.3 is 15.4 Å². The molecule has 5 heteroatoms. The molecule has 0 radical (unpaired) electrons. The summed E-state index contributed by atoms with van der Waals surface area (Å²) in [5.41, 5.74) is 6.53. The number of carbonyl (C=O) groups is 1. The molecular formula is C19H21FN2O2. The number of fused-ring (bicyclic) bond motifs is 1. The van der Waals surface area contributed by atoms with E-state index in [-0.39, 0.29) is 18.3 Å². The van der Waals surface area contributed by atoms with Crippen molar-refractivity contribution in [2.45, 2.75) is 38.8 Å². The number of anilines is 2. The molecular weight excluding hydrogens is 307 g/mol. The Morgan fingerprint density at radius 3 is 2.54 bits per heavy atom. The number of nitrogens with two attached hydrogens (primary N) is 1. The van der Waals surface area contributed by atoms with Crippen molar-refractivity contribution in [3.05, 3.63) is 53.8 Å². The minimum atomic E-state index is -0.922. The highest BCUT2D eigenvalue weighted by Crippen LogP contribution is 2.42. The third-order valence-corrected chi connectivity index (χ3v) is 4.64. The molecule has 3 rings (SSSR count). The fourth-order valence-electron chi connectivity index (χ4n) is 3.09. The number of hydrogen-bond acceptors (Lipinski definition) is 3. The van der Waals surface area contributed by atoms with Crippen LogP contribution in [-0.4, -0.2) is 11.5 Å². The number of hydrogen-bond donors (Lipinski definition) is 1. The van der Waals surface area contributed by atoms with Gasteiger partial charge in [-0.25, -0.2) is 4.39 Å². The van der Waals surface area contributed by atoms with Crippen molar-refractivity contribution in [1.82, 2.24) is 0 Å². The quantitative estimate of drug-likeness (QED) is 0.866. The van der Waals surface area contributed by atoms with E-state index in [0.29, 0.717) is 35.5 Å². The highest BCUT2D eigenvalue weighted by atomic mass is 19.1. The zero-order valence-electron chi connectivity index (χ0n) is 13.9. The Morgan fingerprint density at radius 1 is 1.17 bits per heavy atom. The maximum Gasteiger partial charge on any atom is 0.271 e. The molecule has 0 fully saturated rings. The number of rotatable bonds is 4. The first-order chi connectivity index (χ1) is 11.5. The van der Waals surface area contributed by atoms with Crippen LogP contribution < -0.4 is 15.4 Å². The second-order valence-electron chi connectivity index (χ2n) is 6.01. The Hall–Kier alpha value is -2.56. The van der Waals surface area contributed by atoms with Crippen LogP contribution in [0.3, 0.4) is 0 Å². The largest absolute Gasteiger partial charge is 0.475 e. The molecule has 0 saturated heterocycles. The van der Waals surface area contributed by atoms with E-state index >= 15 is 0 Å². The smallest absolute Gasteiger partial charge is 0.271 e. The molecule has 4 nitrogen and oxygen atoms in total. The van der Waals surface area contributed by atoms with Crippen LogP contribution in [0.5, 0.6) is 5.75 Å². The molecule has 0 aromatic heterocycles. The Morgan fingerprint density at radius 2 is 1.88 bits per heavy atom. The van der Waals surface area contributed by atoms with Crippen LogP contribution in [0.15, 0.2) is 42.5 Å². The van der Waals surface area contributed by atoms with Gasteiger partial charge in [-0.05, 0) is 37.1 Å². The van der Waals surface area contributed by atoms with Gasteiger partial charge in [0.1, 0.15) is 11.6 Å². The van der Waals surface area contributed by atoms with Crippen molar-refractivity contribution in [1.29, 1.82) is 0 Å². The number of nitrogens with zero attached hydrogens (tertiary/aromatic N) is 1. The van der Waals surface area contributed by atoms with Crippen LogP contribution >= 0.6 is 0 Å². The molecule has 1 amide bonds. The molecule has 1 aliphatic heterocycles. The minimum Gasteiger partial charge on any atom is -0.475 e. The van der Waals surface area contributed by atoms with E-state index in [1.807, 2.05) is 13.8 Å². The Bertz CT molecular complexity index is 772. The first-order valence-corrected chi connectivity index (χ1v) is 8.14. The van der Waals surface area contributed by atoms with E-state index in [9.17, 15) is 9.18 Å². The van der Waals surface area contributed by atoms with Crippen LogP contribution in [0.1, 0.15) is 32.3 Å². The molecule has 2 aromatic rings. The summed E-state index contributed by atoms with van der Waals surface area (Å²) in [5.74, 6) is 0.110. The molecule has 2 N–H and O–H groups in total. The maximum atomic E-state index is 14.1. The Kier molecular flexibility index (Phi) is 4.18. The van der Waals surface area contributed by atoms with Gasteiger partial charge in [-0.3, -0.25) is 4.79 Å². The number of ether oxygens (including phenoxy) is 1. The van der Waals surface area contributed by atoms with Crippen molar-refractivity contribution in [3.8, 4) is 5.75 Å². The van der Waals surface area contributed by atoms with Crippen LogP contribution in [0.4, 0.5) is 15.8 Å². The summed E-state index contributed by atoms with van der Waals surface area (Å²) in [6, 6.07) is 11.7. The molecule has 126 valence electrons. The molecule has 0 spiro atoms. The molecule has 2 aromatic carbocycles. The van der Waals surface area contributed by atoms with Gasteiger partial charge in [-0.1, -0.05) is 32.0 Å². The van der Waals surface area contributed by atoms with Gasteiger partial charge in [0.05, 0.1) is 12.2 Å². The summed E-state index contributed by atoms with van der Waals surface area (Å²) in [4.78, 5) is 14.7. The molecule has 1 heterocycles. The van der Waals surface area contributed by atoms with Gasteiger partial charge in [0.25, 0.3) is 5.91 Å². The van der Waals surface area contributed by atoms with Crippen LogP contribution in [0, 0.1) is 5.82 Å². The third kappa shape index (κ3) is 2.60. The number of nitrogen functional groups attached to an aromatic ring is 1. The van der Waals surface area contributed by atoms with E-state index < -0.39 is 5.60 Å². The molecule has 0 bridgehead atoms. The van der Waals surface area contributed by atoms with Crippen LogP contribution in [0.2, 0.25) is 0 Å². The normalized spacial score (nSPS) is 15.8. The maximum absolute atomic E-state index is 14.1. The highest BCUT2D eigenvalue weighted by Gasteiger charge is 2.45. The fourth-order valence-corrected chi connectivity index (χ4v) is 3.09. The van der Waals surface area contributed by atoms with Gasteiger partial charge in [0.2, 0.25) is 0 Å². The number of halogens is 1. The molecule has 1 aliphatic rings. The minimum absolute atomic E-state index is 0.146. The van der Waals surface area contributed by atoms with Gasteiger partial charge >= 0.3 is 0 Å². The SMILES string of the molecule is CCC1(CC)Oc2ccc(N)cc2N(Cc2ccccc2F)C1=O. The third-order valence-electron chi connectivity index (χ3n) is 4.64. The van der Waals surface area contributed by atoms with Crippen molar-refractivity contribution < 1.29 is 13.9 Å². The Balaban J connectivity index is 2.10. The Labute approximate surface area is 141 Å². The van der Waals surface area contributed by atoms with Crippen molar-refractivity contribution in [3.63, 3.8) is 0 Å². The molecule has 0 atom stereocenters. The lowest BCUT2D eigenvalue weighted by Crippen LogP contribution is -2.55. The number of benzene rings is 2. The second kappa shape index (κ2) is 6.15. The number of amides is 1. The van der Waals surface area contributed by atoms with Gasteiger partial charge in [0.15, 0.2) is 5.60 Å². The topological polar surface area (TPSA) is 55.6 Å². The van der Waals surface area contributed by atoms with Gasteiger partial charge in [-0.2, -0.15) is 0 Å². The van der Waals surface area contributed by atoms with Crippen LogP contribution in [0.25, 0.3) is 0 Å². The average molecular weight is 328 g/mol. The predicted molar refractivity (Wildman–Crippen MR) is 92.4 cm³/mol. The fraction of sp³-hybridized carbons (Fsp3) is 0.316. The van der Waals surface area contributed by atoms with Gasteiger partial charge in [-0.15, -0.1) is 0 Å². The lowest BCUT2D eigenvalue weighted by Gasteiger charge is -2.42. The summed E-state index contributed by atoms with van der Waals surface area (Å²) >= 11 is 0. The summed E-state index contributed by atoms with van der Waals surface area (Å²) in [5, 5.41) is 0. The van der Waals surface area contributed by atoms with E-state index in [4.69, 9.17) is 10.5 Å². The predicted octanol–water partition coefficient (Wildman–Crippen LogP) is 3.89. The highest BCUT2D eigenvalue weighted by molar-refractivity contribution is 6.03. The monoisotopic (exact) mass is 328 g/mol. The first kappa shape index (κ1) is 16.3. The van der Waals surface area contributed by atoms with Crippen molar-refractivity contribution in [2.75, 3.05) is 10.6 Å². The lowest BCUT2D eigenvalue weighted by atomic mass is 9.92. The van der Waals surface area contributed by atoms with E-state index in [2.05, 4.69) is 0 Å². The standard InChI is InChI=1S/C19H21FN2O2/c1-3-19(4-2)18(23)22(12-13-7-5-6-8-15(13)20)16-11-14(21)9-10-17(16)24-19/h5-11H,3-4,12,21H2,1-2H3. The summed E-state index contributed by atoms with van der Waals surface area (Å²) < 4.78 is 20.1. The molecule has 0 unspecified atom stereocenters. The second-order valence-corrected chi connectivity index (χ2v) is 6.01. The zero-order valence-corrected chi connectivity index (χ0v) is 13.9. The molecule has 0 aliphatic carbocycles. The van der Waals surface area contributed by atoms with E-state index in [1.54, 1.807) is 41.3 Å². The summed E-state index contributed by atoms with van der Waals surface area (Å²) in [6.45, 7) is 3.99. The van der Waals surface area contributed by atoms with Gasteiger partial charge in [0, 0.05) is 11.3 Å². The first-order valence-electron chi connectivity index (χ1n) is 8.14. The molecule has 24 heavy (non-hydrogen) atoms. The number of carbonyl (C=O) groups excluding carboxylic acids is 1. The molecule has 0 saturated carbocycles. The summed E-state index contributed by atoms with van der Waals surface area (Å²) in [7, 11) is 0. The van der Waals surface area contributed by atoms with Crippen molar-refractivity contribution >= 4 is 17.3 Å². The van der Waals surface area contributed by atoms with E-state index in [1.165, 1.54) is 6.07 Å². The zero-order chi connectivity index (χ0) is 17.3. The summed E-state index contributed by atoms with van der Waals surface area (Å²) in [6.07, 6.45) is 1.08. The van der Waals surface area contributed by atoms with Crippen molar-refractivity contribution in [2.24, 2.45) is 0 Å². The van der Waals surface area contributed by atoms with Crippen LogP contribution in [-0.2, 0) is 11.3 Å². The average Bonchev–Trinajstić information content (AvgIpc) is 2.59.